The van der Waals surface area contributed by atoms with Crippen LogP contribution >= 0.6 is 0 Å². The van der Waals surface area contributed by atoms with E-state index in [0.29, 0.717) is 5.36 Å². The summed E-state index contributed by atoms with van der Waals surface area (Å²) in [6.07, 6.45) is 0. The fraction of sp³-hybridized carbons (Fsp3) is 0. The summed E-state index contributed by atoms with van der Waals surface area (Å²) in [5.74, 6) is 0. The first-order valence-corrected chi connectivity index (χ1v) is 7.64. The van der Waals surface area contributed by atoms with Gasteiger partial charge in [-0.2, -0.15) is 0 Å². The van der Waals surface area contributed by atoms with Gasteiger partial charge in [-0.25, -0.2) is 0 Å². The van der Waals surface area contributed by atoms with Crippen LogP contribution in [-0.2, 0) is 0 Å². The summed E-state index contributed by atoms with van der Waals surface area (Å²) >= 11 is 0. The lowest BCUT2D eigenvalue weighted by atomic mass is 9.92. The molecular formula is C21H13NO. The van der Waals surface area contributed by atoms with E-state index in [1.54, 1.807) is 0 Å². The maximum Gasteiger partial charge on any atom is 0.103 e. The molecule has 108 valence electrons. The molecule has 3 aromatic carbocycles. The molecule has 2 aliphatic carbocycles. The Morgan fingerprint density at radius 2 is 1.43 bits per heavy atom. The Morgan fingerprint density at radius 3 is 2.35 bits per heavy atom. The van der Waals surface area contributed by atoms with E-state index in [1.807, 2.05) is 12.1 Å². The average molecular weight is 295 g/mol. The highest BCUT2D eigenvalue weighted by atomic mass is 16.4. The van der Waals surface area contributed by atoms with Crippen LogP contribution in [0.1, 0.15) is 0 Å². The van der Waals surface area contributed by atoms with Crippen molar-refractivity contribution in [3.05, 3.63) is 78.2 Å². The van der Waals surface area contributed by atoms with Crippen LogP contribution in [0.2, 0.25) is 0 Å². The van der Waals surface area contributed by atoms with Gasteiger partial charge in [-0.1, -0.05) is 59.8 Å². The Hall–Kier alpha value is -3.13. The molecule has 0 fully saturated rings. The second kappa shape index (κ2) is 4.43. The van der Waals surface area contributed by atoms with Gasteiger partial charge < -0.3 is 5.21 Å². The molecule has 2 heteroatoms. The summed E-state index contributed by atoms with van der Waals surface area (Å²) in [4.78, 5) is 0. The van der Waals surface area contributed by atoms with Crippen LogP contribution in [0.15, 0.2) is 78.0 Å². The molecule has 0 unspecified atom stereocenters. The molecule has 23 heavy (non-hydrogen) atoms. The highest BCUT2D eigenvalue weighted by molar-refractivity contribution is 6.21. The summed E-state index contributed by atoms with van der Waals surface area (Å²) in [5, 5.41) is 20.5. The highest BCUT2D eigenvalue weighted by Gasteiger charge is 2.14. The molecule has 1 N–H and O–H groups in total. The largest absolute Gasteiger partial charge is 0.410 e. The van der Waals surface area contributed by atoms with E-state index >= 15 is 0 Å². The zero-order valence-electron chi connectivity index (χ0n) is 12.3. The summed E-state index contributed by atoms with van der Waals surface area (Å²) < 4.78 is 0. The quantitative estimate of drug-likeness (QED) is 0.244. The minimum absolute atomic E-state index is 0.583. The monoisotopic (exact) mass is 295 g/mol. The molecule has 0 heterocycles. The fourth-order valence-electron chi connectivity index (χ4n) is 3.69. The predicted molar refractivity (Wildman–Crippen MR) is 94.1 cm³/mol. The number of hydrogen-bond donors (Lipinski definition) is 1. The summed E-state index contributed by atoms with van der Waals surface area (Å²) in [6.45, 7) is 0. The van der Waals surface area contributed by atoms with E-state index in [9.17, 15) is 5.21 Å². The van der Waals surface area contributed by atoms with Gasteiger partial charge in [0.15, 0.2) is 0 Å². The molecule has 3 aromatic rings. The van der Waals surface area contributed by atoms with Crippen molar-refractivity contribution in [1.29, 1.82) is 0 Å². The third-order valence-electron chi connectivity index (χ3n) is 4.65. The van der Waals surface area contributed by atoms with Crippen molar-refractivity contribution in [3.63, 3.8) is 0 Å². The van der Waals surface area contributed by atoms with Gasteiger partial charge in [-0.3, -0.25) is 0 Å². The van der Waals surface area contributed by atoms with Crippen LogP contribution in [0.25, 0.3) is 43.4 Å². The first kappa shape index (κ1) is 12.4. The number of benzene rings is 4. The molecule has 0 aliphatic heterocycles. The van der Waals surface area contributed by atoms with Crippen molar-refractivity contribution in [2.24, 2.45) is 5.16 Å². The standard InChI is InChI=1S/C21H13NO/c23-22-17-11-15-9-8-13-5-3-7-19-18-6-2-1-4-14(18)10-16(12-17)20(15)21(13)19/h1-12,23H. The lowest BCUT2D eigenvalue weighted by Crippen LogP contribution is -2.01. The Balaban J connectivity index is 2.23. The van der Waals surface area contributed by atoms with Crippen LogP contribution in [0, 0.1) is 0 Å². The van der Waals surface area contributed by atoms with Gasteiger partial charge in [0.2, 0.25) is 0 Å². The third-order valence-corrected chi connectivity index (χ3v) is 4.65. The van der Waals surface area contributed by atoms with Gasteiger partial charge in [0, 0.05) is 0 Å². The van der Waals surface area contributed by atoms with Gasteiger partial charge >= 0.3 is 0 Å². The van der Waals surface area contributed by atoms with Crippen molar-refractivity contribution in [1.82, 2.24) is 0 Å². The van der Waals surface area contributed by atoms with E-state index in [2.05, 4.69) is 65.8 Å². The van der Waals surface area contributed by atoms with E-state index < -0.39 is 0 Å². The Labute approximate surface area is 132 Å². The lowest BCUT2D eigenvalue weighted by Gasteiger charge is -2.11. The average Bonchev–Trinajstić information content (AvgIpc) is 2.75. The smallest absolute Gasteiger partial charge is 0.103 e. The summed E-state index contributed by atoms with van der Waals surface area (Å²) in [7, 11) is 0. The highest BCUT2D eigenvalue weighted by Crippen LogP contribution is 2.40. The number of nitrogens with zero attached hydrogens (tertiary/aromatic N) is 1. The van der Waals surface area contributed by atoms with Gasteiger partial charge in [0.25, 0.3) is 0 Å². The minimum atomic E-state index is 0.583. The maximum atomic E-state index is 9.22. The van der Waals surface area contributed by atoms with Gasteiger partial charge in [0.05, 0.1) is 0 Å². The second-order valence-corrected chi connectivity index (χ2v) is 5.93. The number of rotatable bonds is 0. The Bertz CT molecular complexity index is 1220. The van der Waals surface area contributed by atoms with E-state index in [4.69, 9.17) is 0 Å². The fourth-order valence-corrected chi connectivity index (χ4v) is 3.69. The molecule has 0 amide bonds. The maximum absolute atomic E-state index is 9.22. The van der Waals surface area contributed by atoms with Gasteiger partial charge in [-0.15, -0.1) is 0 Å². The van der Waals surface area contributed by atoms with Crippen LogP contribution in [-0.4, -0.2) is 5.21 Å². The lowest BCUT2D eigenvalue weighted by molar-refractivity contribution is 0.302. The van der Waals surface area contributed by atoms with Crippen LogP contribution in [0.4, 0.5) is 0 Å². The molecule has 0 spiro atoms. The minimum Gasteiger partial charge on any atom is -0.410 e. The topological polar surface area (TPSA) is 32.6 Å². The third kappa shape index (κ3) is 1.66. The first-order chi connectivity index (χ1) is 11.3. The molecule has 2 nitrogen and oxygen atoms in total. The van der Waals surface area contributed by atoms with Gasteiger partial charge in [0.1, 0.15) is 5.36 Å². The van der Waals surface area contributed by atoms with E-state index in [-0.39, 0.29) is 0 Å². The molecule has 2 aliphatic rings. The zero-order valence-corrected chi connectivity index (χ0v) is 12.3. The van der Waals surface area contributed by atoms with Crippen LogP contribution < -0.4 is 5.36 Å². The van der Waals surface area contributed by atoms with Crippen molar-refractivity contribution < 1.29 is 5.21 Å². The van der Waals surface area contributed by atoms with Crippen molar-refractivity contribution in [2.45, 2.75) is 0 Å². The molecule has 0 saturated carbocycles. The number of hydrogen-bond acceptors (Lipinski definition) is 2. The zero-order chi connectivity index (χ0) is 15.4. The number of fused-ring (bicyclic) bond motifs is 2. The second-order valence-electron chi connectivity index (χ2n) is 5.93. The Kier molecular flexibility index (Phi) is 2.39. The van der Waals surface area contributed by atoms with Crippen LogP contribution in [0.5, 0.6) is 0 Å². The first-order valence-electron chi connectivity index (χ1n) is 7.64. The summed E-state index contributed by atoms with van der Waals surface area (Å²) in [6, 6.07) is 25.2. The molecule has 0 aromatic heterocycles. The predicted octanol–water partition coefficient (Wildman–Crippen LogP) is 4.98. The molecule has 0 atom stereocenters. The van der Waals surface area contributed by atoms with Gasteiger partial charge in [-0.05, 0) is 61.6 Å². The summed E-state index contributed by atoms with van der Waals surface area (Å²) in [5.41, 5.74) is 2.32. The van der Waals surface area contributed by atoms with E-state index in [1.165, 1.54) is 32.5 Å². The van der Waals surface area contributed by atoms with Crippen molar-refractivity contribution >= 4 is 32.3 Å². The van der Waals surface area contributed by atoms with Crippen LogP contribution in [0.3, 0.4) is 0 Å². The molecule has 0 bridgehead atoms. The SMILES string of the molecule is ON=c1cc2cc3ccccc3c3cccc4ccc(c1)c-2c43. The Morgan fingerprint density at radius 1 is 0.652 bits per heavy atom. The van der Waals surface area contributed by atoms with Crippen molar-refractivity contribution in [2.75, 3.05) is 0 Å². The molecular weight excluding hydrogens is 282 g/mol. The molecule has 0 radical (unpaired) electrons. The molecule has 5 rings (SSSR count). The molecule has 0 saturated heterocycles. The van der Waals surface area contributed by atoms with E-state index in [0.717, 1.165) is 10.9 Å². The van der Waals surface area contributed by atoms with Crippen molar-refractivity contribution in [3.8, 4) is 11.1 Å². The normalized spacial score (nSPS) is 12.8.